The van der Waals surface area contributed by atoms with Gasteiger partial charge in [-0.15, -0.1) is 0 Å². The Balaban J connectivity index is 1.63. The summed E-state index contributed by atoms with van der Waals surface area (Å²) in [5, 5.41) is 4.09. The van der Waals surface area contributed by atoms with Crippen LogP contribution in [0, 0.1) is 5.92 Å². The molecule has 0 radical (unpaired) electrons. The van der Waals surface area contributed by atoms with E-state index >= 15 is 0 Å². The SMILES string of the molecule is CCC1CCC(N)(c2nc(CC3CCCO3)no2)CC1. The Hall–Kier alpha value is -0.940. The molecule has 2 N–H and O–H groups in total. The zero-order chi connectivity index (χ0) is 14.0. The first kappa shape index (κ1) is 14.0. The molecule has 2 heterocycles. The monoisotopic (exact) mass is 279 g/mol. The Morgan fingerprint density at radius 1 is 1.30 bits per heavy atom. The van der Waals surface area contributed by atoms with Gasteiger partial charge in [-0.1, -0.05) is 18.5 Å². The highest BCUT2D eigenvalue weighted by molar-refractivity contribution is 5.05. The molecule has 1 aromatic rings. The van der Waals surface area contributed by atoms with E-state index in [1.165, 1.54) is 6.42 Å². The van der Waals surface area contributed by atoms with E-state index < -0.39 is 5.54 Å². The average molecular weight is 279 g/mol. The average Bonchev–Trinajstić information content (AvgIpc) is 3.12. The van der Waals surface area contributed by atoms with Crippen LogP contribution in [0.2, 0.25) is 0 Å². The summed E-state index contributed by atoms with van der Waals surface area (Å²) >= 11 is 0. The standard InChI is InChI=1S/C15H25N3O2/c1-2-11-5-7-15(16,8-6-11)14-17-13(18-20-14)10-12-4-3-9-19-12/h11-12H,2-10,16H2,1H3. The number of ether oxygens (including phenoxy) is 1. The normalized spacial score (nSPS) is 34.5. The predicted molar refractivity (Wildman–Crippen MR) is 75.1 cm³/mol. The molecule has 0 amide bonds. The van der Waals surface area contributed by atoms with Crippen LogP contribution in [0.25, 0.3) is 0 Å². The first-order chi connectivity index (χ1) is 9.69. The third-order valence-corrected chi connectivity index (χ3v) is 4.90. The van der Waals surface area contributed by atoms with E-state index in [0.717, 1.165) is 63.3 Å². The molecule has 0 spiro atoms. The van der Waals surface area contributed by atoms with E-state index in [-0.39, 0.29) is 6.10 Å². The van der Waals surface area contributed by atoms with Crippen molar-refractivity contribution in [2.24, 2.45) is 11.7 Å². The number of hydrogen-bond acceptors (Lipinski definition) is 5. The van der Waals surface area contributed by atoms with Crippen LogP contribution in [0.15, 0.2) is 4.52 Å². The van der Waals surface area contributed by atoms with Gasteiger partial charge in [0.25, 0.3) is 0 Å². The number of nitrogens with zero attached hydrogens (tertiary/aromatic N) is 2. The highest BCUT2D eigenvalue weighted by Crippen LogP contribution is 2.37. The molecule has 1 atom stereocenters. The van der Waals surface area contributed by atoms with Crippen molar-refractivity contribution in [1.29, 1.82) is 0 Å². The maximum Gasteiger partial charge on any atom is 0.246 e. The Labute approximate surface area is 120 Å². The highest BCUT2D eigenvalue weighted by Gasteiger charge is 2.37. The van der Waals surface area contributed by atoms with Crippen molar-refractivity contribution in [2.75, 3.05) is 6.61 Å². The van der Waals surface area contributed by atoms with Gasteiger partial charge in [0.05, 0.1) is 11.6 Å². The Kier molecular flexibility index (Phi) is 4.08. The summed E-state index contributed by atoms with van der Waals surface area (Å²) < 4.78 is 11.1. The number of hydrogen-bond donors (Lipinski definition) is 1. The van der Waals surface area contributed by atoms with Crippen LogP contribution in [0.5, 0.6) is 0 Å². The Bertz CT molecular complexity index is 432. The summed E-state index contributed by atoms with van der Waals surface area (Å²) in [6.07, 6.45) is 8.70. The van der Waals surface area contributed by atoms with E-state index in [4.69, 9.17) is 15.0 Å². The lowest BCUT2D eigenvalue weighted by atomic mass is 9.76. The second-order valence-electron chi connectivity index (χ2n) is 6.36. The summed E-state index contributed by atoms with van der Waals surface area (Å²) in [5.74, 6) is 2.18. The largest absolute Gasteiger partial charge is 0.378 e. The summed E-state index contributed by atoms with van der Waals surface area (Å²) in [6.45, 7) is 3.11. The van der Waals surface area contributed by atoms with Gasteiger partial charge in [0.15, 0.2) is 5.82 Å². The molecule has 20 heavy (non-hydrogen) atoms. The van der Waals surface area contributed by atoms with Crippen molar-refractivity contribution in [2.45, 2.75) is 69.9 Å². The van der Waals surface area contributed by atoms with Crippen molar-refractivity contribution in [3.63, 3.8) is 0 Å². The quantitative estimate of drug-likeness (QED) is 0.916. The lowest BCUT2D eigenvalue weighted by Crippen LogP contribution is -2.40. The molecule has 0 aromatic carbocycles. The van der Waals surface area contributed by atoms with Crippen LogP contribution >= 0.6 is 0 Å². The van der Waals surface area contributed by atoms with Gasteiger partial charge < -0.3 is 15.0 Å². The van der Waals surface area contributed by atoms with Crippen LogP contribution in [-0.2, 0) is 16.7 Å². The van der Waals surface area contributed by atoms with Gasteiger partial charge in [-0.3, -0.25) is 0 Å². The van der Waals surface area contributed by atoms with Crippen LogP contribution in [0.1, 0.15) is 63.6 Å². The molecule has 1 unspecified atom stereocenters. The van der Waals surface area contributed by atoms with E-state index in [2.05, 4.69) is 17.1 Å². The molecular weight excluding hydrogens is 254 g/mol. The lowest BCUT2D eigenvalue weighted by Gasteiger charge is -2.33. The zero-order valence-electron chi connectivity index (χ0n) is 12.3. The molecule has 1 aliphatic carbocycles. The number of nitrogens with two attached hydrogens (primary N) is 1. The molecule has 1 saturated carbocycles. The minimum Gasteiger partial charge on any atom is -0.378 e. The summed E-state index contributed by atoms with van der Waals surface area (Å²) in [6, 6.07) is 0. The predicted octanol–water partition coefficient (Wildman–Crippen LogP) is 2.55. The molecule has 1 saturated heterocycles. The Morgan fingerprint density at radius 3 is 2.75 bits per heavy atom. The number of rotatable bonds is 4. The first-order valence-corrected chi connectivity index (χ1v) is 7.93. The van der Waals surface area contributed by atoms with Crippen molar-refractivity contribution >= 4 is 0 Å². The van der Waals surface area contributed by atoms with Crippen LogP contribution < -0.4 is 5.73 Å². The van der Waals surface area contributed by atoms with E-state index in [9.17, 15) is 0 Å². The smallest absolute Gasteiger partial charge is 0.246 e. The van der Waals surface area contributed by atoms with E-state index in [1.54, 1.807) is 0 Å². The van der Waals surface area contributed by atoms with Gasteiger partial charge in [-0.2, -0.15) is 4.98 Å². The topological polar surface area (TPSA) is 74.2 Å². The number of aromatic nitrogens is 2. The summed E-state index contributed by atoms with van der Waals surface area (Å²) in [5.41, 5.74) is 6.08. The molecule has 0 bridgehead atoms. The van der Waals surface area contributed by atoms with Gasteiger partial charge in [0.2, 0.25) is 5.89 Å². The van der Waals surface area contributed by atoms with Crippen molar-refractivity contribution < 1.29 is 9.26 Å². The van der Waals surface area contributed by atoms with Crippen molar-refractivity contribution in [3.8, 4) is 0 Å². The molecule has 2 fully saturated rings. The minimum atomic E-state index is -0.409. The van der Waals surface area contributed by atoms with Crippen molar-refractivity contribution in [1.82, 2.24) is 10.1 Å². The second-order valence-corrected chi connectivity index (χ2v) is 6.36. The highest BCUT2D eigenvalue weighted by atomic mass is 16.5. The fraction of sp³-hybridized carbons (Fsp3) is 0.867. The first-order valence-electron chi connectivity index (χ1n) is 7.93. The second kappa shape index (κ2) is 5.82. The molecular formula is C15H25N3O2. The van der Waals surface area contributed by atoms with E-state index in [0.29, 0.717) is 5.89 Å². The third-order valence-electron chi connectivity index (χ3n) is 4.90. The molecule has 1 aromatic heterocycles. The lowest BCUT2D eigenvalue weighted by molar-refractivity contribution is 0.109. The molecule has 112 valence electrons. The van der Waals surface area contributed by atoms with Crippen LogP contribution in [-0.4, -0.2) is 22.9 Å². The van der Waals surface area contributed by atoms with Crippen molar-refractivity contribution in [3.05, 3.63) is 11.7 Å². The van der Waals surface area contributed by atoms with Gasteiger partial charge in [0, 0.05) is 13.0 Å². The molecule has 3 rings (SSSR count). The summed E-state index contributed by atoms with van der Waals surface area (Å²) in [4.78, 5) is 4.54. The van der Waals surface area contributed by atoms with E-state index in [1.807, 2.05) is 0 Å². The third kappa shape index (κ3) is 2.88. The Morgan fingerprint density at radius 2 is 2.10 bits per heavy atom. The molecule has 1 aliphatic heterocycles. The fourth-order valence-electron chi connectivity index (χ4n) is 3.36. The zero-order valence-corrected chi connectivity index (χ0v) is 12.3. The van der Waals surface area contributed by atoms with Gasteiger partial charge in [-0.05, 0) is 44.4 Å². The van der Waals surface area contributed by atoms with Gasteiger partial charge in [-0.25, -0.2) is 0 Å². The molecule has 5 heteroatoms. The minimum absolute atomic E-state index is 0.255. The van der Waals surface area contributed by atoms with Gasteiger partial charge in [0.1, 0.15) is 0 Å². The van der Waals surface area contributed by atoms with Crippen LogP contribution in [0.4, 0.5) is 0 Å². The molecule has 5 nitrogen and oxygen atoms in total. The maximum atomic E-state index is 6.49. The maximum absolute atomic E-state index is 6.49. The molecule has 2 aliphatic rings. The summed E-state index contributed by atoms with van der Waals surface area (Å²) in [7, 11) is 0. The van der Waals surface area contributed by atoms with Gasteiger partial charge >= 0.3 is 0 Å². The van der Waals surface area contributed by atoms with Crippen LogP contribution in [0.3, 0.4) is 0 Å². The fourth-order valence-corrected chi connectivity index (χ4v) is 3.36.